The number of benzene rings is 3. The van der Waals surface area contributed by atoms with Crippen molar-refractivity contribution < 1.29 is 18.0 Å². The molecule has 1 N–H and O–H groups in total. The van der Waals surface area contributed by atoms with Crippen molar-refractivity contribution in [3.05, 3.63) is 94.0 Å². The molecular weight excluding hydrogens is 569 g/mol. The Morgan fingerprint density at radius 1 is 0.950 bits per heavy atom. The molecule has 0 aliphatic rings. The van der Waals surface area contributed by atoms with Crippen molar-refractivity contribution in [3.63, 3.8) is 0 Å². The van der Waals surface area contributed by atoms with E-state index < -0.39 is 34.1 Å². The van der Waals surface area contributed by atoms with Gasteiger partial charge >= 0.3 is 0 Å². The number of rotatable bonds is 10. The second-order valence-corrected chi connectivity index (χ2v) is 13.3. The third-order valence-electron chi connectivity index (χ3n) is 6.20. The second kappa shape index (κ2) is 13.1. The first-order valence-corrected chi connectivity index (χ1v) is 15.1. The minimum absolute atomic E-state index is 0.0289. The van der Waals surface area contributed by atoms with E-state index in [-0.39, 0.29) is 23.0 Å². The molecule has 0 fully saturated rings. The summed E-state index contributed by atoms with van der Waals surface area (Å²) in [6, 6.07) is 18.8. The van der Waals surface area contributed by atoms with Gasteiger partial charge in [-0.15, -0.1) is 0 Å². The summed E-state index contributed by atoms with van der Waals surface area (Å²) in [5.74, 6) is -0.866. The number of nitrogens with one attached hydrogen (secondary N) is 1. The minimum atomic E-state index is -4.16. The highest BCUT2D eigenvalue weighted by Crippen LogP contribution is 2.29. The van der Waals surface area contributed by atoms with Gasteiger partial charge in [0.15, 0.2) is 0 Å². The van der Waals surface area contributed by atoms with Gasteiger partial charge in [-0.2, -0.15) is 0 Å². The molecule has 0 aliphatic carbocycles. The van der Waals surface area contributed by atoms with Crippen molar-refractivity contribution in [1.82, 2.24) is 10.2 Å². The van der Waals surface area contributed by atoms with Crippen LogP contribution in [0.2, 0.25) is 10.0 Å². The Labute approximate surface area is 247 Å². The van der Waals surface area contributed by atoms with Crippen molar-refractivity contribution in [2.45, 2.75) is 64.1 Å². The molecule has 7 nitrogen and oxygen atoms in total. The molecular formula is C30H35Cl2N3O4S. The quantitative estimate of drug-likeness (QED) is 0.298. The number of carbonyl (C=O) groups excluding carboxylic acids is 2. The van der Waals surface area contributed by atoms with Crippen LogP contribution in [0.15, 0.2) is 77.7 Å². The van der Waals surface area contributed by atoms with Gasteiger partial charge in [-0.1, -0.05) is 66.5 Å². The molecule has 0 radical (unpaired) electrons. The number of nitrogens with zero attached hydrogens (tertiary/aromatic N) is 2. The predicted molar refractivity (Wildman–Crippen MR) is 161 cm³/mol. The first-order valence-electron chi connectivity index (χ1n) is 12.9. The molecule has 0 heterocycles. The van der Waals surface area contributed by atoms with Gasteiger partial charge < -0.3 is 10.2 Å². The smallest absolute Gasteiger partial charge is 0.264 e. The Balaban J connectivity index is 2.08. The maximum atomic E-state index is 14.1. The van der Waals surface area contributed by atoms with Gasteiger partial charge in [0.2, 0.25) is 11.8 Å². The molecule has 40 heavy (non-hydrogen) atoms. The Hall–Kier alpha value is -3.07. The van der Waals surface area contributed by atoms with Gasteiger partial charge in [0.25, 0.3) is 10.0 Å². The van der Waals surface area contributed by atoms with Gasteiger partial charge in [-0.05, 0) is 81.6 Å². The number of hydrogen-bond donors (Lipinski definition) is 1. The number of carbonyl (C=O) groups is 2. The fourth-order valence-electron chi connectivity index (χ4n) is 4.14. The van der Waals surface area contributed by atoms with Gasteiger partial charge in [0.05, 0.1) is 10.6 Å². The van der Waals surface area contributed by atoms with Gasteiger partial charge in [-0.25, -0.2) is 8.42 Å². The Bertz CT molecular complexity index is 1440. The molecule has 0 aliphatic heterocycles. The normalized spacial score (nSPS) is 12.5. The second-order valence-electron chi connectivity index (χ2n) is 10.6. The van der Waals surface area contributed by atoms with Crippen LogP contribution in [0.4, 0.5) is 5.69 Å². The zero-order valence-electron chi connectivity index (χ0n) is 23.3. The van der Waals surface area contributed by atoms with Crippen molar-refractivity contribution in [2.24, 2.45) is 0 Å². The van der Waals surface area contributed by atoms with E-state index in [2.05, 4.69) is 5.32 Å². The summed E-state index contributed by atoms with van der Waals surface area (Å²) in [4.78, 5) is 28.9. The molecule has 0 spiro atoms. The van der Waals surface area contributed by atoms with E-state index in [1.165, 1.54) is 23.1 Å². The standard InChI is InChI=1S/C30H35Cl2N3O4S/c1-6-27(29(37)33-30(3,4)5)34(19-22-13-15-23(31)16-14-22)28(36)20-35(24-17-12-21(2)26(32)18-24)40(38,39)25-10-8-7-9-11-25/h7-18,27H,6,19-20H2,1-5H3,(H,33,37)/t27-/m0/s1. The molecule has 2 amide bonds. The van der Waals surface area contributed by atoms with Crippen LogP contribution < -0.4 is 9.62 Å². The van der Waals surface area contributed by atoms with Crippen molar-refractivity contribution in [1.29, 1.82) is 0 Å². The fraction of sp³-hybridized carbons (Fsp3) is 0.333. The first kappa shape index (κ1) is 31.5. The molecule has 0 unspecified atom stereocenters. The highest BCUT2D eigenvalue weighted by atomic mass is 35.5. The van der Waals surface area contributed by atoms with Gasteiger partial charge in [0, 0.05) is 22.1 Å². The fourth-order valence-corrected chi connectivity index (χ4v) is 5.87. The van der Waals surface area contributed by atoms with E-state index in [9.17, 15) is 18.0 Å². The summed E-state index contributed by atoms with van der Waals surface area (Å²) >= 11 is 12.4. The van der Waals surface area contributed by atoms with E-state index in [1.807, 2.05) is 27.7 Å². The molecule has 3 rings (SSSR count). The SMILES string of the molecule is CC[C@@H](C(=O)NC(C)(C)C)N(Cc1ccc(Cl)cc1)C(=O)CN(c1ccc(C)c(Cl)c1)S(=O)(=O)c1ccccc1. The lowest BCUT2D eigenvalue weighted by atomic mass is 10.1. The third-order valence-corrected chi connectivity index (χ3v) is 8.65. The summed E-state index contributed by atoms with van der Waals surface area (Å²) in [5, 5.41) is 3.86. The van der Waals surface area contributed by atoms with E-state index in [0.29, 0.717) is 16.5 Å². The highest BCUT2D eigenvalue weighted by molar-refractivity contribution is 7.92. The zero-order chi connectivity index (χ0) is 29.7. The summed E-state index contributed by atoms with van der Waals surface area (Å²) < 4.78 is 28.8. The topological polar surface area (TPSA) is 86.8 Å². The van der Waals surface area contributed by atoms with Gasteiger partial charge in [0.1, 0.15) is 12.6 Å². The van der Waals surface area contributed by atoms with Crippen LogP contribution in [0.25, 0.3) is 0 Å². The molecule has 0 saturated carbocycles. The molecule has 3 aromatic rings. The highest BCUT2D eigenvalue weighted by Gasteiger charge is 2.34. The zero-order valence-corrected chi connectivity index (χ0v) is 25.6. The van der Waals surface area contributed by atoms with Crippen molar-refractivity contribution in [3.8, 4) is 0 Å². The Morgan fingerprint density at radius 2 is 1.57 bits per heavy atom. The molecule has 3 aromatic carbocycles. The molecule has 0 saturated heterocycles. The number of sulfonamides is 1. The van der Waals surface area contributed by atoms with Crippen LogP contribution in [0.5, 0.6) is 0 Å². The monoisotopic (exact) mass is 603 g/mol. The summed E-state index contributed by atoms with van der Waals surface area (Å²) in [5.41, 5.74) is 1.23. The van der Waals surface area contributed by atoms with Crippen molar-refractivity contribution in [2.75, 3.05) is 10.8 Å². The predicted octanol–water partition coefficient (Wildman–Crippen LogP) is 6.22. The Morgan fingerprint density at radius 3 is 2.12 bits per heavy atom. The molecule has 1 atom stereocenters. The maximum Gasteiger partial charge on any atom is 0.264 e. The summed E-state index contributed by atoms with van der Waals surface area (Å²) in [7, 11) is -4.16. The summed E-state index contributed by atoms with van der Waals surface area (Å²) in [6.07, 6.45) is 0.322. The average molecular weight is 605 g/mol. The van der Waals surface area contributed by atoms with E-state index in [0.717, 1.165) is 15.4 Å². The molecule has 10 heteroatoms. The molecule has 214 valence electrons. The third kappa shape index (κ3) is 7.99. The number of anilines is 1. The van der Waals surface area contributed by atoms with Crippen LogP contribution in [0, 0.1) is 6.92 Å². The van der Waals surface area contributed by atoms with Crippen LogP contribution in [0.1, 0.15) is 45.2 Å². The van der Waals surface area contributed by atoms with Crippen LogP contribution in [0.3, 0.4) is 0 Å². The average Bonchev–Trinajstić information content (AvgIpc) is 2.89. The van der Waals surface area contributed by atoms with Gasteiger partial charge in [-0.3, -0.25) is 13.9 Å². The maximum absolute atomic E-state index is 14.1. The van der Waals surface area contributed by atoms with E-state index in [4.69, 9.17) is 23.2 Å². The lowest BCUT2D eigenvalue weighted by Crippen LogP contribution is -2.55. The van der Waals surface area contributed by atoms with Crippen LogP contribution in [-0.4, -0.2) is 43.3 Å². The largest absolute Gasteiger partial charge is 0.350 e. The van der Waals surface area contributed by atoms with Crippen molar-refractivity contribution >= 4 is 50.7 Å². The number of amides is 2. The number of aryl methyl sites for hydroxylation is 1. The lowest BCUT2D eigenvalue weighted by molar-refractivity contribution is -0.141. The van der Waals surface area contributed by atoms with E-state index in [1.54, 1.807) is 61.5 Å². The summed E-state index contributed by atoms with van der Waals surface area (Å²) in [6.45, 7) is 8.74. The molecule has 0 aromatic heterocycles. The van der Waals surface area contributed by atoms with Crippen LogP contribution >= 0.6 is 23.2 Å². The minimum Gasteiger partial charge on any atom is -0.350 e. The van der Waals surface area contributed by atoms with E-state index >= 15 is 0 Å². The Kier molecular flexibility index (Phi) is 10.3. The lowest BCUT2D eigenvalue weighted by Gasteiger charge is -2.34. The number of halogens is 2. The molecule has 0 bridgehead atoms. The number of hydrogen-bond acceptors (Lipinski definition) is 4. The van der Waals surface area contributed by atoms with Crippen LogP contribution in [-0.2, 0) is 26.2 Å². The first-order chi connectivity index (χ1) is 18.7.